The number of hydrogen-bond acceptors (Lipinski definition) is 3. The van der Waals surface area contributed by atoms with E-state index in [1.54, 1.807) is 0 Å². The van der Waals surface area contributed by atoms with E-state index in [1.807, 2.05) is 35.2 Å². The Morgan fingerprint density at radius 2 is 2.09 bits per heavy atom. The second kappa shape index (κ2) is 6.08. The molecule has 3 rings (SSSR count). The number of rotatable bonds is 5. The van der Waals surface area contributed by atoms with E-state index in [0.717, 1.165) is 12.0 Å². The van der Waals surface area contributed by atoms with Crippen molar-refractivity contribution in [3.63, 3.8) is 0 Å². The number of likely N-dealkylation sites (tertiary alicyclic amines) is 1. The lowest BCUT2D eigenvalue weighted by Gasteiger charge is -2.18. The van der Waals surface area contributed by atoms with E-state index in [4.69, 9.17) is 5.73 Å². The number of carbonyl (C=O) groups excluding carboxylic acids is 2. The van der Waals surface area contributed by atoms with Crippen LogP contribution < -0.4 is 11.1 Å². The van der Waals surface area contributed by atoms with Crippen LogP contribution in [0, 0.1) is 5.92 Å². The van der Waals surface area contributed by atoms with Crippen molar-refractivity contribution in [1.82, 2.24) is 10.2 Å². The molecule has 1 heterocycles. The van der Waals surface area contributed by atoms with Gasteiger partial charge in [-0.25, -0.2) is 0 Å². The third kappa shape index (κ3) is 3.30. The number of carbonyl (C=O) groups is 2. The van der Waals surface area contributed by atoms with Gasteiger partial charge in [-0.05, 0) is 24.3 Å². The average molecular weight is 301 g/mol. The van der Waals surface area contributed by atoms with Gasteiger partial charge in [0.15, 0.2) is 0 Å². The largest absolute Gasteiger partial charge is 0.350 e. The molecule has 1 aliphatic carbocycles. The normalized spacial score (nSPS) is 28.5. The highest BCUT2D eigenvalue weighted by Crippen LogP contribution is 2.37. The lowest BCUT2D eigenvalue weighted by atomic mass is 10.1. The van der Waals surface area contributed by atoms with E-state index >= 15 is 0 Å². The Morgan fingerprint density at radius 3 is 2.73 bits per heavy atom. The number of nitrogens with two attached hydrogens (primary N) is 1. The molecule has 2 fully saturated rings. The Bertz CT molecular complexity index is 560. The van der Waals surface area contributed by atoms with Crippen LogP contribution in [0.15, 0.2) is 30.3 Å². The molecule has 1 aliphatic heterocycles. The van der Waals surface area contributed by atoms with Gasteiger partial charge in [0.2, 0.25) is 11.8 Å². The van der Waals surface area contributed by atoms with Crippen LogP contribution in [0.1, 0.15) is 25.3 Å². The quantitative estimate of drug-likeness (QED) is 0.840. The van der Waals surface area contributed by atoms with E-state index in [2.05, 4.69) is 12.2 Å². The molecule has 22 heavy (non-hydrogen) atoms. The predicted octanol–water partition coefficient (Wildman–Crippen LogP) is 0.682. The van der Waals surface area contributed by atoms with Gasteiger partial charge < -0.3 is 16.0 Å². The molecular weight excluding hydrogens is 278 g/mol. The second-order valence-electron chi connectivity index (χ2n) is 6.53. The molecule has 1 saturated heterocycles. The van der Waals surface area contributed by atoms with Crippen molar-refractivity contribution < 1.29 is 9.59 Å². The molecule has 2 aliphatic rings. The van der Waals surface area contributed by atoms with Crippen LogP contribution in [-0.4, -0.2) is 41.4 Å². The van der Waals surface area contributed by atoms with Crippen LogP contribution in [0.25, 0.3) is 0 Å². The van der Waals surface area contributed by atoms with E-state index < -0.39 is 6.04 Å². The molecule has 0 bridgehead atoms. The summed E-state index contributed by atoms with van der Waals surface area (Å²) in [5.74, 6) is 0.572. The molecule has 5 heteroatoms. The van der Waals surface area contributed by atoms with Crippen molar-refractivity contribution >= 4 is 11.8 Å². The summed E-state index contributed by atoms with van der Waals surface area (Å²) in [5, 5.41) is 2.93. The van der Waals surface area contributed by atoms with E-state index in [-0.39, 0.29) is 17.9 Å². The Morgan fingerprint density at radius 1 is 1.41 bits per heavy atom. The van der Waals surface area contributed by atoms with Crippen molar-refractivity contribution in [2.75, 3.05) is 6.54 Å². The summed E-state index contributed by atoms with van der Waals surface area (Å²) in [4.78, 5) is 26.1. The van der Waals surface area contributed by atoms with Crippen molar-refractivity contribution in [1.29, 1.82) is 0 Å². The maximum Gasteiger partial charge on any atom is 0.237 e. The van der Waals surface area contributed by atoms with Gasteiger partial charge in [-0.2, -0.15) is 0 Å². The van der Waals surface area contributed by atoms with Crippen LogP contribution in [0.2, 0.25) is 0 Å². The van der Waals surface area contributed by atoms with Gasteiger partial charge in [-0.15, -0.1) is 0 Å². The topological polar surface area (TPSA) is 75.4 Å². The summed E-state index contributed by atoms with van der Waals surface area (Å²) in [6, 6.07) is 9.43. The monoisotopic (exact) mass is 301 g/mol. The zero-order chi connectivity index (χ0) is 15.7. The first kappa shape index (κ1) is 15.0. The summed E-state index contributed by atoms with van der Waals surface area (Å²) < 4.78 is 0. The van der Waals surface area contributed by atoms with Gasteiger partial charge >= 0.3 is 0 Å². The minimum atomic E-state index is -0.577. The maximum atomic E-state index is 12.2. The average Bonchev–Trinajstić information content (AvgIpc) is 3.10. The van der Waals surface area contributed by atoms with Crippen LogP contribution in [0.4, 0.5) is 0 Å². The minimum Gasteiger partial charge on any atom is -0.350 e. The molecule has 0 unspecified atom stereocenters. The lowest BCUT2D eigenvalue weighted by Crippen LogP contribution is -2.47. The van der Waals surface area contributed by atoms with E-state index in [0.29, 0.717) is 31.3 Å². The van der Waals surface area contributed by atoms with Crippen LogP contribution in [-0.2, 0) is 16.0 Å². The molecule has 118 valence electrons. The van der Waals surface area contributed by atoms with Crippen molar-refractivity contribution in [2.45, 2.75) is 44.3 Å². The summed E-state index contributed by atoms with van der Waals surface area (Å²) in [5.41, 5.74) is 7.02. The fourth-order valence-corrected chi connectivity index (χ4v) is 3.15. The Balaban J connectivity index is 1.50. The van der Waals surface area contributed by atoms with Gasteiger partial charge in [0.1, 0.15) is 0 Å². The number of amides is 2. The second-order valence-corrected chi connectivity index (χ2v) is 6.53. The molecular formula is C17H23N3O2. The Kier molecular flexibility index (Phi) is 4.16. The molecule has 1 aromatic carbocycles. The smallest absolute Gasteiger partial charge is 0.237 e. The van der Waals surface area contributed by atoms with Gasteiger partial charge in [0, 0.05) is 19.0 Å². The van der Waals surface area contributed by atoms with Crippen molar-refractivity contribution in [3.05, 3.63) is 35.9 Å². The first-order chi connectivity index (χ1) is 10.5. The maximum absolute atomic E-state index is 12.2. The number of benzene rings is 1. The SMILES string of the molecule is C[C@@H]1C[C@H]1N1C[C@H](NC(=O)[C@@H](N)Cc2ccccc2)CC1=O. The highest BCUT2D eigenvalue weighted by atomic mass is 16.2. The molecule has 3 N–H and O–H groups in total. The van der Waals surface area contributed by atoms with E-state index in [1.165, 1.54) is 0 Å². The minimum absolute atomic E-state index is 0.102. The molecule has 2 amide bonds. The summed E-state index contributed by atoms with van der Waals surface area (Å²) in [6.45, 7) is 2.78. The fourth-order valence-electron chi connectivity index (χ4n) is 3.15. The third-order valence-corrected chi connectivity index (χ3v) is 4.61. The van der Waals surface area contributed by atoms with Gasteiger partial charge in [-0.1, -0.05) is 37.3 Å². The molecule has 0 spiro atoms. The van der Waals surface area contributed by atoms with Gasteiger partial charge in [-0.3, -0.25) is 9.59 Å². The number of nitrogens with one attached hydrogen (secondary N) is 1. The van der Waals surface area contributed by atoms with E-state index in [9.17, 15) is 9.59 Å². The molecule has 0 radical (unpaired) electrons. The van der Waals surface area contributed by atoms with Crippen molar-refractivity contribution in [2.24, 2.45) is 11.7 Å². The first-order valence-corrected chi connectivity index (χ1v) is 7.94. The standard InChI is InChI=1S/C17H23N3O2/c1-11-7-15(11)20-10-13(9-16(20)21)19-17(22)14(18)8-12-5-3-2-4-6-12/h2-6,11,13-15H,7-10,18H2,1H3,(H,19,22)/t11-,13-,14+,15-/m1/s1. The van der Waals surface area contributed by atoms with Crippen LogP contribution >= 0.6 is 0 Å². The van der Waals surface area contributed by atoms with Gasteiger partial charge in [0.25, 0.3) is 0 Å². The third-order valence-electron chi connectivity index (χ3n) is 4.61. The Hall–Kier alpha value is -1.88. The number of hydrogen-bond donors (Lipinski definition) is 2. The van der Waals surface area contributed by atoms with Crippen LogP contribution in [0.3, 0.4) is 0 Å². The zero-order valence-electron chi connectivity index (χ0n) is 12.9. The van der Waals surface area contributed by atoms with Crippen molar-refractivity contribution in [3.8, 4) is 0 Å². The number of nitrogens with zero attached hydrogens (tertiary/aromatic N) is 1. The Labute approximate surface area is 130 Å². The van der Waals surface area contributed by atoms with Crippen LogP contribution in [0.5, 0.6) is 0 Å². The zero-order valence-corrected chi connectivity index (χ0v) is 12.9. The van der Waals surface area contributed by atoms with Gasteiger partial charge in [0.05, 0.1) is 12.1 Å². The molecule has 5 nitrogen and oxygen atoms in total. The fraction of sp³-hybridized carbons (Fsp3) is 0.529. The summed E-state index contributed by atoms with van der Waals surface area (Å²) in [6.07, 6.45) is 1.99. The lowest BCUT2D eigenvalue weighted by molar-refractivity contribution is -0.128. The molecule has 0 aromatic heterocycles. The summed E-state index contributed by atoms with van der Waals surface area (Å²) in [7, 11) is 0. The highest BCUT2D eigenvalue weighted by molar-refractivity contribution is 5.85. The molecule has 4 atom stereocenters. The summed E-state index contributed by atoms with van der Waals surface area (Å²) >= 11 is 0. The first-order valence-electron chi connectivity index (χ1n) is 7.94. The predicted molar refractivity (Wildman–Crippen MR) is 84.0 cm³/mol. The molecule has 1 saturated carbocycles. The highest BCUT2D eigenvalue weighted by Gasteiger charge is 2.44. The molecule has 1 aromatic rings.